The van der Waals surface area contributed by atoms with Crippen molar-refractivity contribution in [3.8, 4) is 0 Å². The van der Waals surface area contributed by atoms with Crippen molar-refractivity contribution in [2.24, 2.45) is 0 Å². The monoisotopic (exact) mass is 320 g/mol. The zero-order valence-corrected chi connectivity index (χ0v) is 13.3. The molecule has 0 saturated heterocycles. The van der Waals surface area contributed by atoms with E-state index in [2.05, 4.69) is 10.3 Å². The number of carbonyl (C=O) groups is 1. The summed E-state index contributed by atoms with van der Waals surface area (Å²) >= 11 is 0. The zero-order chi connectivity index (χ0) is 16.9. The molecule has 1 heterocycles. The molecule has 1 N–H and O–H groups in total. The minimum atomic E-state index is -0.295. The van der Waals surface area contributed by atoms with E-state index in [1.165, 1.54) is 18.2 Å². The van der Waals surface area contributed by atoms with Gasteiger partial charge in [0.25, 0.3) is 0 Å². The molecule has 1 aromatic heterocycles. The van der Waals surface area contributed by atoms with E-state index in [-0.39, 0.29) is 11.7 Å². The van der Waals surface area contributed by atoms with Gasteiger partial charge in [-0.2, -0.15) is 0 Å². The maximum atomic E-state index is 12.8. The van der Waals surface area contributed by atoms with Crippen molar-refractivity contribution < 1.29 is 9.18 Å². The largest absolute Gasteiger partial charge is 0.348 e. The van der Waals surface area contributed by atoms with Crippen LogP contribution in [0.15, 0.2) is 60.7 Å². The van der Waals surface area contributed by atoms with Crippen LogP contribution in [-0.2, 0) is 11.3 Å². The van der Waals surface area contributed by atoms with Gasteiger partial charge < -0.3 is 5.32 Å². The van der Waals surface area contributed by atoms with Crippen molar-refractivity contribution >= 4 is 22.9 Å². The van der Waals surface area contributed by atoms with Crippen molar-refractivity contribution in [3.63, 3.8) is 0 Å². The first-order chi connectivity index (χ1) is 11.6. The van der Waals surface area contributed by atoms with E-state index >= 15 is 0 Å². The summed E-state index contributed by atoms with van der Waals surface area (Å²) in [7, 11) is 0. The highest BCUT2D eigenvalue weighted by atomic mass is 19.1. The Morgan fingerprint density at radius 2 is 1.92 bits per heavy atom. The first kappa shape index (κ1) is 15.9. The molecule has 0 fully saturated rings. The summed E-state index contributed by atoms with van der Waals surface area (Å²) in [5.41, 5.74) is 3.64. The molecule has 3 rings (SSSR count). The van der Waals surface area contributed by atoms with Crippen LogP contribution in [0.5, 0.6) is 0 Å². The van der Waals surface area contributed by atoms with Crippen LogP contribution in [0, 0.1) is 12.7 Å². The SMILES string of the molecule is Cc1cc(CNC(=O)C=Cc2ccc(F)cc2)c2ccccc2n1. The van der Waals surface area contributed by atoms with E-state index in [1.807, 2.05) is 37.3 Å². The minimum absolute atomic E-state index is 0.196. The molecule has 2 aromatic carbocycles. The number of carbonyl (C=O) groups excluding carboxylic acids is 1. The number of rotatable bonds is 4. The molecule has 3 nitrogen and oxygen atoms in total. The van der Waals surface area contributed by atoms with Crippen molar-refractivity contribution in [1.82, 2.24) is 10.3 Å². The molecule has 3 aromatic rings. The van der Waals surface area contributed by atoms with Crippen LogP contribution >= 0.6 is 0 Å². The number of fused-ring (bicyclic) bond motifs is 1. The molecule has 1 amide bonds. The second kappa shape index (κ2) is 7.04. The van der Waals surface area contributed by atoms with Gasteiger partial charge in [0, 0.05) is 23.7 Å². The van der Waals surface area contributed by atoms with Crippen molar-refractivity contribution in [2.45, 2.75) is 13.5 Å². The molecule has 0 saturated carbocycles. The Kier molecular flexibility index (Phi) is 4.66. The van der Waals surface area contributed by atoms with E-state index in [4.69, 9.17) is 0 Å². The van der Waals surface area contributed by atoms with Gasteiger partial charge in [-0.05, 0) is 48.4 Å². The maximum Gasteiger partial charge on any atom is 0.244 e. The van der Waals surface area contributed by atoms with Crippen LogP contribution in [0.25, 0.3) is 17.0 Å². The Morgan fingerprint density at radius 3 is 2.71 bits per heavy atom. The van der Waals surface area contributed by atoms with Crippen LogP contribution < -0.4 is 5.32 Å². The van der Waals surface area contributed by atoms with Gasteiger partial charge in [-0.25, -0.2) is 4.39 Å². The lowest BCUT2D eigenvalue weighted by Gasteiger charge is -2.08. The highest BCUT2D eigenvalue weighted by Gasteiger charge is 2.04. The molecule has 0 radical (unpaired) electrons. The van der Waals surface area contributed by atoms with Crippen molar-refractivity contribution in [2.75, 3.05) is 0 Å². The Morgan fingerprint density at radius 1 is 1.17 bits per heavy atom. The third-order valence-corrected chi connectivity index (χ3v) is 3.68. The standard InChI is InChI=1S/C20H17FN2O/c1-14-12-16(18-4-2-3-5-19(18)23-14)13-22-20(24)11-8-15-6-9-17(21)10-7-15/h2-12H,13H2,1H3,(H,22,24). The Bertz CT molecular complexity index is 901. The number of aromatic nitrogens is 1. The molecular weight excluding hydrogens is 303 g/mol. The van der Waals surface area contributed by atoms with Gasteiger partial charge in [0.15, 0.2) is 0 Å². The normalized spacial score (nSPS) is 11.1. The van der Waals surface area contributed by atoms with Crippen molar-refractivity contribution in [1.29, 1.82) is 0 Å². The van der Waals surface area contributed by atoms with E-state index in [1.54, 1.807) is 18.2 Å². The number of benzene rings is 2. The first-order valence-corrected chi connectivity index (χ1v) is 7.68. The van der Waals surface area contributed by atoms with E-state index < -0.39 is 0 Å². The average molecular weight is 320 g/mol. The summed E-state index contributed by atoms with van der Waals surface area (Å²) in [6.45, 7) is 2.36. The number of hydrogen-bond donors (Lipinski definition) is 1. The molecule has 0 spiro atoms. The third kappa shape index (κ3) is 3.84. The third-order valence-electron chi connectivity index (χ3n) is 3.68. The van der Waals surface area contributed by atoms with Crippen LogP contribution in [0.1, 0.15) is 16.8 Å². The van der Waals surface area contributed by atoms with Crippen molar-refractivity contribution in [3.05, 3.63) is 83.3 Å². The number of nitrogens with zero attached hydrogens (tertiary/aromatic N) is 1. The van der Waals surface area contributed by atoms with E-state index in [9.17, 15) is 9.18 Å². The maximum absolute atomic E-state index is 12.8. The molecule has 120 valence electrons. The number of nitrogens with one attached hydrogen (secondary N) is 1. The summed E-state index contributed by atoms with van der Waals surface area (Å²) in [5.74, 6) is -0.491. The predicted molar refractivity (Wildman–Crippen MR) is 93.8 cm³/mol. The lowest BCUT2D eigenvalue weighted by molar-refractivity contribution is -0.116. The second-order valence-corrected chi connectivity index (χ2v) is 5.54. The topological polar surface area (TPSA) is 42.0 Å². The molecule has 4 heteroatoms. The highest BCUT2D eigenvalue weighted by molar-refractivity contribution is 5.92. The molecular formula is C20H17FN2O. The molecule has 0 aliphatic carbocycles. The lowest BCUT2D eigenvalue weighted by atomic mass is 10.1. The second-order valence-electron chi connectivity index (χ2n) is 5.54. The lowest BCUT2D eigenvalue weighted by Crippen LogP contribution is -2.20. The van der Waals surface area contributed by atoms with Gasteiger partial charge in [0.1, 0.15) is 5.82 Å². The average Bonchev–Trinajstić information content (AvgIpc) is 2.59. The molecule has 0 atom stereocenters. The Hall–Kier alpha value is -3.01. The molecule has 24 heavy (non-hydrogen) atoms. The predicted octanol–water partition coefficient (Wildman–Crippen LogP) is 4.01. The summed E-state index contributed by atoms with van der Waals surface area (Å²) < 4.78 is 12.8. The fraction of sp³-hybridized carbons (Fsp3) is 0.100. The van der Waals surface area contributed by atoms with Gasteiger partial charge in [-0.15, -0.1) is 0 Å². The van der Waals surface area contributed by atoms with E-state index in [0.717, 1.165) is 27.7 Å². The smallest absolute Gasteiger partial charge is 0.244 e. The highest BCUT2D eigenvalue weighted by Crippen LogP contribution is 2.18. The number of aryl methyl sites for hydroxylation is 1. The van der Waals surface area contributed by atoms with Gasteiger partial charge in [0.05, 0.1) is 5.52 Å². The minimum Gasteiger partial charge on any atom is -0.348 e. The quantitative estimate of drug-likeness (QED) is 0.738. The number of amides is 1. The van der Waals surface area contributed by atoms with Crippen LogP contribution in [-0.4, -0.2) is 10.9 Å². The first-order valence-electron chi connectivity index (χ1n) is 7.68. The molecule has 0 bridgehead atoms. The fourth-order valence-corrected chi connectivity index (χ4v) is 2.53. The van der Waals surface area contributed by atoms with Gasteiger partial charge in [-0.3, -0.25) is 9.78 Å². The Labute approximate surface area is 139 Å². The van der Waals surface area contributed by atoms with Crippen LogP contribution in [0.2, 0.25) is 0 Å². The molecule has 0 unspecified atom stereocenters. The summed E-state index contributed by atoms with van der Waals surface area (Å²) in [6.07, 6.45) is 3.11. The number of pyridine rings is 1. The number of para-hydroxylation sites is 1. The van der Waals surface area contributed by atoms with Crippen LogP contribution in [0.4, 0.5) is 4.39 Å². The fourth-order valence-electron chi connectivity index (χ4n) is 2.53. The van der Waals surface area contributed by atoms with Gasteiger partial charge >= 0.3 is 0 Å². The Balaban J connectivity index is 1.69. The molecule has 0 aliphatic heterocycles. The summed E-state index contributed by atoms with van der Waals surface area (Å²) in [6, 6.07) is 15.8. The summed E-state index contributed by atoms with van der Waals surface area (Å²) in [4.78, 5) is 16.5. The number of halogens is 1. The number of hydrogen-bond acceptors (Lipinski definition) is 2. The zero-order valence-electron chi connectivity index (χ0n) is 13.3. The summed E-state index contributed by atoms with van der Waals surface area (Å²) in [5, 5.41) is 3.91. The van der Waals surface area contributed by atoms with Gasteiger partial charge in [-0.1, -0.05) is 30.3 Å². The molecule has 0 aliphatic rings. The van der Waals surface area contributed by atoms with Crippen LogP contribution in [0.3, 0.4) is 0 Å². The van der Waals surface area contributed by atoms with E-state index in [0.29, 0.717) is 6.54 Å². The van der Waals surface area contributed by atoms with Gasteiger partial charge in [0.2, 0.25) is 5.91 Å².